The fourth-order valence-corrected chi connectivity index (χ4v) is 4.49. The number of amides is 1. The highest BCUT2D eigenvalue weighted by atomic mass is 32.2. The zero-order valence-corrected chi connectivity index (χ0v) is 16.2. The minimum Gasteiger partial charge on any atom is -0.352 e. The normalized spacial score (nSPS) is 14.5. The van der Waals surface area contributed by atoms with Gasteiger partial charge in [0.2, 0.25) is 11.0 Å². The van der Waals surface area contributed by atoms with Gasteiger partial charge in [-0.1, -0.05) is 41.3 Å². The van der Waals surface area contributed by atoms with Gasteiger partial charge in [0, 0.05) is 11.7 Å². The molecule has 2 N–H and O–H groups in total. The third-order valence-electron chi connectivity index (χ3n) is 4.04. The van der Waals surface area contributed by atoms with Crippen LogP contribution in [-0.4, -0.2) is 22.1 Å². The van der Waals surface area contributed by atoms with Crippen molar-refractivity contribution in [1.29, 1.82) is 0 Å². The van der Waals surface area contributed by atoms with Crippen molar-refractivity contribution in [1.82, 2.24) is 15.5 Å². The summed E-state index contributed by atoms with van der Waals surface area (Å²) in [5, 5.41) is 14.1. The molecule has 0 saturated heterocycles. The summed E-state index contributed by atoms with van der Waals surface area (Å²) in [6.45, 7) is 0. The van der Waals surface area contributed by atoms with Crippen LogP contribution in [0.25, 0.3) is 0 Å². The van der Waals surface area contributed by atoms with Gasteiger partial charge in [0.05, 0.1) is 0 Å². The number of anilines is 2. The van der Waals surface area contributed by atoms with E-state index in [9.17, 15) is 13.6 Å². The molecule has 28 heavy (non-hydrogen) atoms. The van der Waals surface area contributed by atoms with E-state index in [4.69, 9.17) is 0 Å². The van der Waals surface area contributed by atoms with Gasteiger partial charge >= 0.3 is 0 Å². The predicted octanol–water partition coefficient (Wildman–Crippen LogP) is 4.67. The van der Waals surface area contributed by atoms with Gasteiger partial charge in [-0.2, -0.15) is 0 Å². The van der Waals surface area contributed by atoms with Crippen molar-refractivity contribution in [3.63, 3.8) is 0 Å². The van der Waals surface area contributed by atoms with Crippen molar-refractivity contribution in [2.75, 3.05) is 5.32 Å². The molecule has 1 saturated carbocycles. The van der Waals surface area contributed by atoms with Gasteiger partial charge in [-0.05, 0) is 48.7 Å². The van der Waals surface area contributed by atoms with E-state index in [0.717, 1.165) is 12.8 Å². The van der Waals surface area contributed by atoms with Gasteiger partial charge in [0.1, 0.15) is 16.9 Å². The number of aromatic nitrogens is 2. The maximum absolute atomic E-state index is 13.3. The molecular weight excluding hydrogens is 402 g/mol. The number of nitrogens with one attached hydrogen (secondary N) is 2. The Bertz CT molecular complexity index is 976. The van der Waals surface area contributed by atoms with Crippen molar-refractivity contribution in [2.45, 2.75) is 28.5 Å². The molecule has 0 radical (unpaired) electrons. The largest absolute Gasteiger partial charge is 0.352 e. The van der Waals surface area contributed by atoms with Crippen molar-refractivity contribution in [2.24, 2.45) is 0 Å². The third kappa shape index (κ3) is 4.85. The van der Waals surface area contributed by atoms with Gasteiger partial charge < -0.3 is 10.6 Å². The molecule has 0 bridgehead atoms. The van der Waals surface area contributed by atoms with E-state index < -0.39 is 5.25 Å². The molecule has 1 amide bonds. The van der Waals surface area contributed by atoms with Crippen molar-refractivity contribution < 1.29 is 13.6 Å². The summed E-state index contributed by atoms with van der Waals surface area (Å²) in [7, 11) is 0. The predicted molar refractivity (Wildman–Crippen MR) is 106 cm³/mol. The summed E-state index contributed by atoms with van der Waals surface area (Å²) in [4.78, 5) is 12.7. The molecule has 2 aromatic carbocycles. The van der Waals surface area contributed by atoms with Crippen LogP contribution in [0, 0.1) is 11.6 Å². The van der Waals surface area contributed by atoms with Crippen LogP contribution in [0.15, 0.2) is 52.9 Å². The molecule has 144 valence electrons. The average Bonchev–Trinajstić information content (AvgIpc) is 3.38. The standard InChI is InChI=1S/C19H16F2N4OS2/c20-12-6-4-11(5-7-12)16(17(26)22-14-8-9-14)27-19-25-24-18(28-19)23-15-3-1-2-13(21)10-15/h1-7,10,14,16H,8-9H2,(H,22,26)(H,23,24). The summed E-state index contributed by atoms with van der Waals surface area (Å²) in [6.07, 6.45) is 1.96. The summed E-state index contributed by atoms with van der Waals surface area (Å²) in [5.41, 5.74) is 1.26. The average molecular weight is 418 g/mol. The summed E-state index contributed by atoms with van der Waals surface area (Å²) >= 11 is 2.52. The highest BCUT2D eigenvalue weighted by Crippen LogP contribution is 2.39. The molecule has 1 aliphatic carbocycles. The number of hydrogen-bond acceptors (Lipinski definition) is 6. The number of thioether (sulfide) groups is 1. The molecule has 1 fully saturated rings. The van der Waals surface area contributed by atoms with E-state index in [2.05, 4.69) is 20.8 Å². The lowest BCUT2D eigenvalue weighted by molar-refractivity contribution is -0.120. The maximum atomic E-state index is 13.3. The molecule has 5 nitrogen and oxygen atoms in total. The Balaban J connectivity index is 1.50. The molecule has 1 aromatic heterocycles. The highest BCUT2D eigenvalue weighted by molar-refractivity contribution is 8.01. The van der Waals surface area contributed by atoms with Crippen molar-refractivity contribution in [3.8, 4) is 0 Å². The van der Waals surface area contributed by atoms with Crippen molar-refractivity contribution >= 4 is 39.8 Å². The highest BCUT2D eigenvalue weighted by Gasteiger charge is 2.30. The fraction of sp³-hybridized carbons (Fsp3) is 0.211. The first kappa shape index (κ1) is 18.8. The Labute approximate surface area is 168 Å². The maximum Gasteiger partial charge on any atom is 0.238 e. The van der Waals surface area contributed by atoms with E-state index in [1.165, 1.54) is 47.4 Å². The minimum atomic E-state index is -0.559. The zero-order valence-electron chi connectivity index (χ0n) is 14.6. The second-order valence-corrected chi connectivity index (χ2v) is 8.67. The molecule has 1 unspecified atom stereocenters. The van der Waals surface area contributed by atoms with Gasteiger partial charge in [0.15, 0.2) is 4.34 Å². The second-order valence-electron chi connectivity index (χ2n) is 6.34. The molecule has 0 spiro atoms. The van der Waals surface area contributed by atoms with Crippen LogP contribution in [0.5, 0.6) is 0 Å². The minimum absolute atomic E-state index is 0.131. The third-order valence-corrected chi connectivity index (χ3v) is 6.21. The van der Waals surface area contributed by atoms with Gasteiger partial charge in [-0.3, -0.25) is 4.79 Å². The summed E-state index contributed by atoms with van der Waals surface area (Å²) < 4.78 is 27.2. The number of nitrogens with zero attached hydrogens (tertiary/aromatic N) is 2. The molecular formula is C19H16F2N4OS2. The van der Waals surface area contributed by atoms with E-state index in [0.29, 0.717) is 20.7 Å². The van der Waals surface area contributed by atoms with E-state index >= 15 is 0 Å². The monoisotopic (exact) mass is 418 g/mol. The first-order valence-electron chi connectivity index (χ1n) is 8.65. The van der Waals surface area contributed by atoms with Crippen LogP contribution in [0.4, 0.5) is 19.6 Å². The number of benzene rings is 2. The van der Waals surface area contributed by atoms with Crippen molar-refractivity contribution in [3.05, 3.63) is 65.7 Å². The number of halogens is 2. The number of carbonyl (C=O) groups is 1. The Morgan fingerprint density at radius 2 is 1.89 bits per heavy atom. The van der Waals surface area contributed by atoms with Crippen LogP contribution < -0.4 is 10.6 Å². The van der Waals surface area contributed by atoms with Gasteiger partial charge in [-0.25, -0.2) is 8.78 Å². The molecule has 3 aromatic rings. The number of rotatable bonds is 7. The Kier molecular flexibility index (Phi) is 5.54. The SMILES string of the molecule is O=C(NC1CC1)C(Sc1nnc(Nc2cccc(F)c2)s1)c1ccc(F)cc1. The second kappa shape index (κ2) is 8.24. The van der Waals surface area contributed by atoms with Crippen LogP contribution in [-0.2, 0) is 4.79 Å². The summed E-state index contributed by atoms with van der Waals surface area (Å²) in [6, 6.07) is 12.1. The Hall–Kier alpha value is -2.52. The summed E-state index contributed by atoms with van der Waals surface area (Å²) in [5.74, 6) is -0.834. The molecule has 0 aliphatic heterocycles. The first-order valence-corrected chi connectivity index (χ1v) is 10.3. The lowest BCUT2D eigenvalue weighted by Crippen LogP contribution is -2.29. The molecule has 1 heterocycles. The fourth-order valence-electron chi connectivity index (χ4n) is 2.51. The lowest BCUT2D eigenvalue weighted by Gasteiger charge is -2.15. The first-order chi connectivity index (χ1) is 13.6. The number of hydrogen-bond donors (Lipinski definition) is 2. The van der Waals surface area contributed by atoms with E-state index in [1.54, 1.807) is 24.3 Å². The van der Waals surface area contributed by atoms with Crippen LogP contribution >= 0.6 is 23.1 Å². The van der Waals surface area contributed by atoms with E-state index in [1.807, 2.05) is 0 Å². The van der Waals surface area contributed by atoms with Crippen LogP contribution in [0.3, 0.4) is 0 Å². The quantitative estimate of drug-likeness (QED) is 0.546. The van der Waals surface area contributed by atoms with Gasteiger partial charge in [0.25, 0.3) is 0 Å². The smallest absolute Gasteiger partial charge is 0.238 e. The molecule has 9 heteroatoms. The Morgan fingerprint density at radius 1 is 1.11 bits per heavy atom. The molecule has 4 rings (SSSR count). The van der Waals surface area contributed by atoms with E-state index in [-0.39, 0.29) is 23.6 Å². The topological polar surface area (TPSA) is 66.9 Å². The lowest BCUT2D eigenvalue weighted by atomic mass is 10.1. The Morgan fingerprint density at radius 3 is 2.61 bits per heavy atom. The van der Waals surface area contributed by atoms with Crippen LogP contribution in [0.1, 0.15) is 23.7 Å². The zero-order chi connectivity index (χ0) is 19.5. The number of carbonyl (C=O) groups excluding carboxylic acids is 1. The van der Waals surface area contributed by atoms with Gasteiger partial charge in [-0.15, -0.1) is 10.2 Å². The molecule has 1 aliphatic rings. The van der Waals surface area contributed by atoms with Crippen LogP contribution in [0.2, 0.25) is 0 Å². The molecule has 1 atom stereocenters.